The smallest absolute Gasteiger partial charge is 0.208 e. The van der Waals surface area contributed by atoms with Gasteiger partial charge in [-0.3, -0.25) is 4.99 Å². The lowest BCUT2D eigenvalue weighted by Crippen LogP contribution is -2.27. The average Bonchev–Trinajstić information content (AvgIpc) is 2.63. The van der Waals surface area contributed by atoms with Gasteiger partial charge in [-0.1, -0.05) is 12.8 Å². The molecular weight excluding hydrogens is 214 g/mol. The molecule has 1 saturated carbocycles. The highest BCUT2D eigenvalue weighted by Gasteiger charge is 2.17. The fourth-order valence-electron chi connectivity index (χ4n) is 1.77. The molecular formula is C9H19N3O2S. The number of rotatable bonds is 5. The number of nitrogens with one attached hydrogen (secondary N) is 1. The monoisotopic (exact) mass is 233 g/mol. The predicted octanol–water partition coefficient (Wildman–Crippen LogP) is 0.0830. The summed E-state index contributed by atoms with van der Waals surface area (Å²) in [6, 6.07) is 0. The second-order valence-electron chi connectivity index (χ2n) is 3.95. The second-order valence-corrected chi connectivity index (χ2v) is 5.79. The third kappa shape index (κ3) is 5.13. The molecule has 1 fully saturated rings. The SMILES string of the molecule is CS(=O)(=O)NCCN=C(N)C1CCCC1. The number of nitrogens with zero attached hydrogens (tertiary/aromatic N) is 1. The summed E-state index contributed by atoms with van der Waals surface area (Å²) in [5.74, 6) is 1.10. The summed E-state index contributed by atoms with van der Waals surface area (Å²) in [5, 5.41) is 0. The van der Waals surface area contributed by atoms with Crippen molar-refractivity contribution < 1.29 is 8.42 Å². The largest absolute Gasteiger partial charge is 0.387 e. The summed E-state index contributed by atoms with van der Waals surface area (Å²) in [5.41, 5.74) is 5.80. The zero-order valence-electron chi connectivity index (χ0n) is 9.07. The van der Waals surface area contributed by atoms with E-state index in [4.69, 9.17) is 5.73 Å². The Hall–Kier alpha value is -0.620. The van der Waals surface area contributed by atoms with E-state index in [9.17, 15) is 8.42 Å². The lowest BCUT2D eigenvalue weighted by Gasteiger charge is -2.07. The van der Waals surface area contributed by atoms with E-state index in [1.165, 1.54) is 12.8 Å². The second kappa shape index (κ2) is 5.46. The van der Waals surface area contributed by atoms with E-state index in [0.717, 1.165) is 19.1 Å². The van der Waals surface area contributed by atoms with Crippen LogP contribution in [0.4, 0.5) is 0 Å². The lowest BCUT2D eigenvalue weighted by molar-refractivity contribution is 0.588. The molecule has 0 aromatic carbocycles. The van der Waals surface area contributed by atoms with Crippen LogP contribution in [0.5, 0.6) is 0 Å². The Labute approximate surface area is 91.2 Å². The molecule has 0 spiro atoms. The van der Waals surface area contributed by atoms with Gasteiger partial charge in [0.15, 0.2) is 0 Å². The zero-order chi connectivity index (χ0) is 11.3. The van der Waals surface area contributed by atoms with Crippen LogP contribution < -0.4 is 10.5 Å². The van der Waals surface area contributed by atoms with Crippen molar-refractivity contribution in [2.75, 3.05) is 19.3 Å². The molecule has 5 nitrogen and oxygen atoms in total. The van der Waals surface area contributed by atoms with Gasteiger partial charge in [-0.05, 0) is 12.8 Å². The topological polar surface area (TPSA) is 84.5 Å². The van der Waals surface area contributed by atoms with Gasteiger partial charge >= 0.3 is 0 Å². The van der Waals surface area contributed by atoms with Crippen LogP contribution in [0.25, 0.3) is 0 Å². The zero-order valence-corrected chi connectivity index (χ0v) is 9.89. The van der Waals surface area contributed by atoms with Gasteiger partial charge in [0, 0.05) is 12.5 Å². The van der Waals surface area contributed by atoms with Crippen LogP contribution in [0.2, 0.25) is 0 Å². The minimum atomic E-state index is -3.10. The summed E-state index contributed by atoms with van der Waals surface area (Å²) in [7, 11) is -3.10. The van der Waals surface area contributed by atoms with Gasteiger partial charge < -0.3 is 5.73 Å². The molecule has 1 aliphatic carbocycles. The molecule has 0 saturated heterocycles. The minimum Gasteiger partial charge on any atom is -0.387 e. The first-order chi connectivity index (χ1) is 6.99. The number of hydrogen-bond donors (Lipinski definition) is 2. The average molecular weight is 233 g/mol. The number of hydrogen-bond acceptors (Lipinski definition) is 3. The molecule has 0 bridgehead atoms. The first kappa shape index (κ1) is 12.4. The fraction of sp³-hybridized carbons (Fsp3) is 0.889. The van der Waals surface area contributed by atoms with Crippen LogP contribution in [0.3, 0.4) is 0 Å². The van der Waals surface area contributed by atoms with Crippen molar-refractivity contribution in [1.29, 1.82) is 0 Å². The van der Waals surface area contributed by atoms with Gasteiger partial charge in [0.25, 0.3) is 0 Å². The molecule has 88 valence electrons. The highest BCUT2D eigenvalue weighted by atomic mass is 32.2. The third-order valence-corrected chi connectivity index (χ3v) is 3.27. The van der Waals surface area contributed by atoms with E-state index in [-0.39, 0.29) is 0 Å². The molecule has 0 heterocycles. The van der Waals surface area contributed by atoms with E-state index in [0.29, 0.717) is 24.8 Å². The van der Waals surface area contributed by atoms with Crippen LogP contribution in [-0.2, 0) is 10.0 Å². The summed E-state index contributed by atoms with van der Waals surface area (Å²) in [6.45, 7) is 0.752. The quantitative estimate of drug-likeness (QED) is 0.401. The Kier molecular flexibility index (Phi) is 4.53. The van der Waals surface area contributed by atoms with Crippen molar-refractivity contribution in [3.63, 3.8) is 0 Å². The molecule has 1 rings (SSSR count). The number of amidine groups is 1. The standard InChI is InChI=1S/C9H19N3O2S/c1-15(13,14)12-7-6-11-9(10)8-4-2-3-5-8/h8,12H,2-7H2,1H3,(H2,10,11). The van der Waals surface area contributed by atoms with Crippen molar-refractivity contribution in [1.82, 2.24) is 4.72 Å². The molecule has 0 amide bonds. The number of nitrogens with two attached hydrogens (primary N) is 1. The van der Waals surface area contributed by atoms with Crippen LogP contribution >= 0.6 is 0 Å². The van der Waals surface area contributed by atoms with Gasteiger partial charge in [-0.25, -0.2) is 13.1 Å². The van der Waals surface area contributed by atoms with Crippen molar-refractivity contribution >= 4 is 15.9 Å². The van der Waals surface area contributed by atoms with Gasteiger partial charge in [0.05, 0.1) is 18.6 Å². The molecule has 0 aromatic rings. The van der Waals surface area contributed by atoms with E-state index in [2.05, 4.69) is 9.71 Å². The van der Waals surface area contributed by atoms with Gasteiger partial charge in [0.2, 0.25) is 10.0 Å². The van der Waals surface area contributed by atoms with Crippen LogP contribution in [0.1, 0.15) is 25.7 Å². The highest BCUT2D eigenvalue weighted by molar-refractivity contribution is 7.88. The predicted molar refractivity (Wildman–Crippen MR) is 61.3 cm³/mol. The minimum absolute atomic E-state index is 0.326. The highest BCUT2D eigenvalue weighted by Crippen LogP contribution is 2.24. The summed E-state index contributed by atoms with van der Waals surface area (Å²) < 4.78 is 23.9. The summed E-state index contributed by atoms with van der Waals surface area (Å²) in [6.07, 6.45) is 5.83. The Morgan fingerprint density at radius 2 is 2.07 bits per heavy atom. The van der Waals surface area contributed by atoms with Crippen LogP contribution in [-0.4, -0.2) is 33.6 Å². The Morgan fingerprint density at radius 1 is 1.47 bits per heavy atom. The molecule has 6 heteroatoms. The Balaban J connectivity index is 2.25. The first-order valence-corrected chi connectivity index (χ1v) is 7.12. The number of sulfonamides is 1. The van der Waals surface area contributed by atoms with E-state index < -0.39 is 10.0 Å². The van der Waals surface area contributed by atoms with Gasteiger partial charge in [-0.15, -0.1) is 0 Å². The van der Waals surface area contributed by atoms with Crippen LogP contribution in [0.15, 0.2) is 4.99 Å². The Bertz CT molecular complexity index is 318. The first-order valence-electron chi connectivity index (χ1n) is 5.23. The third-order valence-electron chi connectivity index (χ3n) is 2.54. The van der Waals surface area contributed by atoms with Crippen molar-refractivity contribution in [2.45, 2.75) is 25.7 Å². The molecule has 0 aliphatic heterocycles. The maximum atomic E-state index is 10.7. The molecule has 0 radical (unpaired) electrons. The van der Waals surface area contributed by atoms with E-state index >= 15 is 0 Å². The molecule has 1 aliphatic rings. The van der Waals surface area contributed by atoms with Crippen molar-refractivity contribution in [2.24, 2.45) is 16.6 Å². The maximum absolute atomic E-state index is 10.7. The van der Waals surface area contributed by atoms with Crippen LogP contribution in [0, 0.1) is 5.92 Å². The van der Waals surface area contributed by atoms with E-state index in [1.807, 2.05) is 0 Å². The van der Waals surface area contributed by atoms with Gasteiger partial charge in [-0.2, -0.15) is 0 Å². The molecule has 0 atom stereocenters. The lowest BCUT2D eigenvalue weighted by atomic mass is 10.1. The summed E-state index contributed by atoms with van der Waals surface area (Å²) >= 11 is 0. The molecule has 0 aromatic heterocycles. The van der Waals surface area contributed by atoms with Crippen molar-refractivity contribution in [3.05, 3.63) is 0 Å². The normalized spacial score (nSPS) is 19.7. The van der Waals surface area contributed by atoms with Gasteiger partial charge in [0.1, 0.15) is 0 Å². The fourth-order valence-corrected chi connectivity index (χ4v) is 2.23. The molecule has 15 heavy (non-hydrogen) atoms. The van der Waals surface area contributed by atoms with E-state index in [1.54, 1.807) is 0 Å². The number of aliphatic imine (C=N–C) groups is 1. The Morgan fingerprint density at radius 3 is 2.60 bits per heavy atom. The van der Waals surface area contributed by atoms with Crippen molar-refractivity contribution in [3.8, 4) is 0 Å². The molecule has 3 N–H and O–H groups in total. The molecule has 0 unspecified atom stereocenters. The maximum Gasteiger partial charge on any atom is 0.208 e. The summed E-state index contributed by atoms with van der Waals surface area (Å²) in [4.78, 5) is 4.18.